The van der Waals surface area contributed by atoms with Gasteiger partial charge in [-0.05, 0) is 61.0 Å². The quantitative estimate of drug-likeness (QED) is 0.364. The summed E-state index contributed by atoms with van der Waals surface area (Å²) in [7, 11) is 0. The highest BCUT2D eigenvalue weighted by Crippen LogP contribution is 2.24. The number of aryl methyl sites for hydroxylation is 1. The summed E-state index contributed by atoms with van der Waals surface area (Å²) in [5.74, 6) is 0.341. The van der Waals surface area contributed by atoms with Gasteiger partial charge in [-0.3, -0.25) is 4.79 Å². The topological polar surface area (TPSA) is 59.8 Å². The Hall–Kier alpha value is -2.77. The number of amides is 1. The van der Waals surface area contributed by atoms with Crippen LogP contribution in [0.5, 0.6) is 0 Å². The Kier molecular flexibility index (Phi) is 5.60. The molecule has 0 saturated heterocycles. The Labute approximate surface area is 185 Å². The van der Waals surface area contributed by atoms with E-state index >= 15 is 0 Å². The van der Waals surface area contributed by atoms with Gasteiger partial charge in [-0.2, -0.15) is 0 Å². The summed E-state index contributed by atoms with van der Waals surface area (Å²) in [5, 5.41) is 7.35. The number of nitrogens with zero attached hydrogens (tertiary/aromatic N) is 3. The standard InChI is InChI=1S/C22H16Br2N4O/c1-14-3-2-4-19(13-14)28-21(15-5-7-16(23)8-6-15)26-20(27-28)22(29)25-18-11-9-17(24)10-12-18/h2-13H,1H3,(H,25,29). The van der Waals surface area contributed by atoms with Crippen molar-refractivity contribution in [2.45, 2.75) is 6.92 Å². The third-order valence-electron chi connectivity index (χ3n) is 4.26. The first-order chi connectivity index (χ1) is 14.0. The minimum atomic E-state index is -0.364. The molecule has 0 spiro atoms. The van der Waals surface area contributed by atoms with E-state index in [1.807, 2.05) is 79.7 Å². The third kappa shape index (κ3) is 4.46. The number of rotatable bonds is 4. The van der Waals surface area contributed by atoms with Crippen molar-refractivity contribution in [3.8, 4) is 17.1 Å². The Bertz CT molecular complexity index is 1170. The highest BCUT2D eigenvalue weighted by atomic mass is 79.9. The van der Waals surface area contributed by atoms with Crippen LogP contribution in [0.3, 0.4) is 0 Å². The third-order valence-corrected chi connectivity index (χ3v) is 5.32. The maximum absolute atomic E-state index is 12.8. The van der Waals surface area contributed by atoms with Crippen molar-refractivity contribution in [2.75, 3.05) is 5.32 Å². The second-order valence-corrected chi connectivity index (χ2v) is 8.31. The Morgan fingerprint density at radius 3 is 2.24 bits per heavy atom. The molecule has 1 amide bonds. The monoisotopic (exact) mass is 510 g/mol. The molecule has 7 heteroatoms. The summed E-state index contributed by atoms with van der Waals surface area (Å²) in [4.78, 5) is 17.3. The van der Waals surface area contributed by atoms with Crippen LogP contribution in [0.2, 0.25) is 0 Å². The molecule has 4 aromatic rings. The number of hydrogen-bond acceptors (Lipinski definition) is 3. The van der Waals surface area contributed by atoms with Crippen molar-refractivity contribution in [3.63, 3.8) is 0 Å². The van der Waals surface area contributed by atoms with Gasteiger partial charge in [-0.15, -0.1) is 5.10 Å². The number of carbonyl (C=O) groups excluding carboxylic acids is 1. The molecule has 3 aromatic carbocycles. The smallest absolute Gasteiger partial charge is 0.295 e. The van der Waals surface area contributed by atoms with Gasteiger partial charge in [-0.1, -0.05) is 56.1 Å². The van der Waals surface area contributed by atoms with E-state index in [4.69, 9.17) is 0 Å². The van der Waals surface area contributed by atoms with Gasteiger partial charge >= 0.3 is 0 Å². The molecular formula is C22H16Br2N4O. The molecule has 1 N–H and O–H groups in total. The van der Waals surface area contributed by atoms with Crippen LogP contribution < -0.4 is 5.32 Å². The average Bonchev–Trinajstić information content (AvgIpc) is 3.16. The maximum atomic E-state index is 12.8. The molecule has 0 aliphatic carbocycles. The zero-order chi connectivity index (χ0) is 20.4. The van der Waals surface area contributed by atoms with Crippen molar-refractivity contribution >= 4 is 43.5 Å². The van der Waals surface area contributed by atoms with E-state index in [0.717, 1.165) is 25.8 Å². The molecular weight excluding hydrogens is 496 g/mol. The molecule has 144 valence electrons. The first kappa shape index (κ1) is 19.5. The van der Waals surface area contributed by atoms with Crippen LogP contribution in [0.25, 0.3) is 17.1 Å². The number of anilines is 1. The first-order valence-electron chi connectivity index (χ1n) is 8.86. The first-order valence-corrected chi connectivity index (χ1v) is 10.5. The van der Waals surface area contributed by atoms with Gasteiger partial charge < -0.3 is 5.32 Å². The van der Waals surface area contributed by atoms with Crippen LogP contribution in [0.1, 0.15) is 16.2 Å². The summed E-state index contributed by atoms with van der Waals surface area (Å²) < 4.78 is 3.61. The molecule has 0 saturated carbocycles. The van der Waals surface area contributed by atoms with E-state index in [1.165, 1.54) is 0 Å². The molecule has 5 nitrogen and oxygen atoms in total. The van der Waals surface area contributed by atoms with E-state index < -0.39 is 0 Å². The molecule has 29 heavy (non-hydrogen) atoms. The van der Waals surface area contributed by atoms with Crippen LogP contribution in [-0.2, 0) is 0 Å². The highest BCUT2D eigenvalue weighted by molar-refractivity contribution is 9.10. The predicted molar refractivity (Wildman–Crippen MR) is 121 cm³/mol. The fourth-order valence-corrected chi connectivity index (χ4v) is 3.38. The van der Waals surface area contributed by atoms with Crippen LogP contribution in [0.15, 0.2) is 81.7 Å². The number of halogens is 2. The average molecular weight is 512 g/mol. The number of carbonyl (C=O) groups is 1. The van der Waals surface area contributed by atoms with E-state index in [9.17, 15) is 4.79 Å². The molecule has 1 aromatic heterocycles. The molecule has 0 fully saturated rings. The minimum absolute atomic E-state index is 0.104. The lowest BCUT2D eigenvalue weighted by molar-refractivity contribution is 0.101. The fourth-order valence-electron chi connectivity index (χ4n) is 2.85. The maximum Gasteiger partial charge on any atom is 0.295 e. The van der Waals surface area contributed by atoms with Crippen LogP contribution in [-0.4, -0.2) is 20.7 Å². The van der Waals surface area contributed by atoms with Crippen molar-refractivity contribution < 1.29 is 4.79 Å². The van der Waals surface area contributed by atoms with Crippen LogP contribution in [0, 0.1) is 6.92 Å². The fraction of sp³-hybridized carbons (Fsp3) is 0.0455. The van der Waals surface area contributed by atoms with Crippen molar-refractivity contribution in [2.24, 2.45) is 0 Å². The molecule has 0 radical (unpaired) electrons. The number of aromatic nitrogens is 3. The summed E-state index contributed by atoms with van der Waals surface area (Å²) in [5.41, 5.74) is 3.49. The summed E-state index contributed by atoms with van der Waals surface area (Å²) >= 11 is 6.84. The summed E-state index contributed by atoms with van der Waals surface area (Å²) in [6.45, 7) is 2.01. The normalized spacial score (nSPS) is 10.7. The lowest BCUT2D eigenvalue weighted by Gasteiger charge is -2.07. The van der Waals surface area contributed by atoms with E-state index in [0.29, 0.717) is 11.5 Å². The minimum Gasteiger partial charge on any atom is -0.319 e. The number of benzene rings is 3. The largest absolute Gasteiger partial charge is 0.319 e. The second kappa shape index (κ2) is 8.31. The summed E-state index contributed by atoms with van der Waals surface area (Å²) in [6.07, 6.45) is 0. The zero-order valence-electron chi connectivity index (χ0n) is 15.4. The number of hydrogen-bond donors (Lipinski definition) is 1. The summed E-state index contributed by atoms with van der Waals surface area (Å²) in [6, 6.07) is 23.0. The number of nitrogens with one attached hydrogen (secondary N) is 1. The lowest BCUT2D eigenvalue weighted by atomic mass is 10.2. The van der Waals surface area contributed by atoms with E-state index in [-0.39, 0.29) is 11.7 Å². The van der Waals surface area contributed by atoms with Gasteiger partial charge in [0.1, 0.15) is 0 Å². The second-order valence-electron chi connectivity index (χ2n) is 6.48. The van der Waals surface area contributed by atoms with Gasteiger partial charge in [0.15, 0.2) is 5.82 Å². The van der Waals surface area contributed by atoms with Gasteiger partial charge in [0.25, 0.3) is 5.91 Å². The van der Waals surface area contributed by atoms with Gasteiger partial charge in [0.2, 0.25) is 5.82 Å². The Balaban J connectivity index is 1.75. The van der Waals surface area contributed by atoms with E-state index in [1.54, 1.807) is 4.68 Å². The molecule has 0 aliphatic heterocycles. The molecule has 1 heterocycles. The lowest BCUT2D eigenvalue weighted by Crippen LogP contribution is -2.14. The predicted octanol–water partition coefficient (Wildman–Crippen LogP) is 6.02. The van der Waals surface area contributed by atoms with Gasteiger partial charge in [0, 0.05) is 20.2 Å². The molecule has 0 atom stereocenters. The van der Waals surface area contributed by atoms with E-state index in [2.05, 4.69) is 47.3 Å². The van der Waals surface area contributed by atoms with Crippen molar-refractivity contribution in [1.82, 2.24) is 14.8 Å². The van der Waals surface area contributed by atoms with Crippen LogP contribution >= 0.6 is 31.9 Å². The zero-order valence-corrected chi connectivity index (χ0v) is 18.6. The van der Waals surface area contributed by atoms with Crippen LogP contribution in [0.4, 0.5) is 5.69 Å². The highest BCUT2D eigenvalue weighted by Gasteiger charge is 2.19. The van der Waals surface area contributed by atoms with Gasteiger partial charge in [0.05, 0.1) is 5.69 Å². The molecule has 0 aliphatic rings. The van der Waals surface area contributed by atoms with Crippen molar-refractivity contribution in [1.29, 1.82) is 0 Å². The molecule has 0 unspecified atom stereocenters. The SMILES string of the molecule is Cc1cccc(-n2nc(C(=O)Nc3ccc(Br)cc3)nc2-c2ccc(Br)cc2)c1. The van der Waals surface area contributed by atoms with Crippen molar-refractivity contribution in [3.05, 3.63) is 93.1 Å². The Morgan fingerprint density at radius 2 is 1.59 bits per heavy atom. The molecule has 0 bridgehead atoms. The molecule has 4 rings (SSSR count). The Morgan fingerprint density at radius 1 is 0.931 bits per heavy atom. The van der Waals surface area contributed by atoms with Gasteiger partial charge in [-0.25, -0.2) is 9.67 Å².